The highest BCUT2D eigenvalue weighted by Crippen LogP contribution is 2.48. The number of hydrogen-bond acceptors (Lipinski definition) is 2. The molecule has 0 spiro atoms. The Morgan fingerprint density at radius 3 is 2.47 bits per heavy atom. The molecule has 0 saturated heterocycles. The number of hydrogen-bond donors (Lipinski definition) is 1. The maximum Gasteiger partial charge on any atom is 0.123 e. The van der Waals surface area contributed by atoms with Crippen molar-refractivity contribution in [1.29, 1.82) is 0 Å². The van der Waals surface area contributed by atoms with Gasteiger partial charge in [-0.25, -0.2) is 0 Å². The molecule has 1 N–H and O–H groups in total. The minimum Gasteiger partial charge on any atom is -0.494 e. The molecule has 2 fully saturated rings. The first-order valence-electron chi connectivity index (χ1n) is 7.80. The quantitative estimate of drug-likeness (QED) is 0.770. The second-order valence-electron chi connectivity index (χ2n) is 6.01. The molecule has 2 nitrogen and oxygen atoms in total. The van der Waals surface area contributed by atoms with Crippen LogP contribution < -0.4 is 10.1 Å². The number of benzene rings is 1. The van der Waals surface area contributed by atoms with E-state index in [2.05, 4.69) is 23.5 Å². The third-order valence-corrected chi connectivity index (χ3v) is 4.42. The Balaban J connectivity index is 1.51. The lowest BCUT2D eigenvalue weighted by atomic mass is 9.98. The molecule has 0 unspecified atom stereocenters. The molecule has 0 aromatic heterocycles. The lowest BCUT2D eigenvalue weighted by molar-refractivity contribution is 0.333. The molecule has 0 heterocycles. The van der Waals surface area contributed by atoms with Gasteiger partial charge in [0.25, 0.3) is 0 Å². The van der Waals surface area contributed by atoms with Crippen molar-refractivity contribution in [2.45, 2.75) is 39.2 Å². The van der Waals surface area contributed by atoms with Crippen LogP contribution in [0.4, 0.5) is 0 Å². The van der Waals surface area contributed by atoms with E-state index in [-0.39, 0.29) is 0 Å². The third kappa shape index (κ3) is 3.50. The topological polar surface area (TPSA) is 21.3 Å². The van der Waals surface area contributed by atoms with Crippen LogP contribution in [0.15, 0.2) is 24.3 Å². The molecule has 2 aliphatic carbocycles. The lowest BCUT2D eigenvalue weighted by Crippen LogP contribution is -2.25. The lowest BCUT2D eigenvalue weighted by Gasteiger charge is -2.17. The normalized spacial score (nSPS) is 18.8. The SMILES string of the molecule is CCOc1ccccc1CNCC(C1CC1)C1CC1. The molecule has 0 bridgehead atoms. The zero-order valence-corrected chi connectivity index (χ0v) is 11.9. The van der Waals surface area contributed by atoms with Gasteiger partial charge in [-0.1, -0.05) is 18.2 Å². The molecule has 0 aliphatic heterocycles. The molecule has 2 aliphatic rings. The summed E-state index contributed by atoms with van der Waals surface area (Å²) in [6, 6.07) is 8.38. The van der Waals surface area contributed by atoms with E-state index in [9.17, 15) is 0 Å². The van der Waals surface area contributed by atoms with Gasteiger partial charge in [0, 0.05) is 12.1 Å². The Hall–Kier alpha value is -1.02. The van der Waals surface area contributed by atoms with E-state index < -0.39 is 0 Å². The molecule has 0 atom stereocenters. The first-order valence-corrected chi connectivity index (χ1v) is 7.80. The van der Waals surface area contributed by atoms with Gasteiger partial charge in [-0.15, -0.1) is 0 Å². The molecule has 0 radical (unpaired) electrons. The van der Waals surface area contributed by atoms with Crippen molar-refractivity contribution in [1.82, 2.24) is 5.32 Å². The van der Waals surface area contributed by atoms with Crippen molar-refractivity contribution in [3.63, 3.8) is 0 Å². The fourth-order valence-electron chi connectivity index (χ4n) is 3.09. The second-order valence-corrected chi connectivity index (χ2v) is 6.01. The summed E-state index contributed by atoms with van der Waals surface area (Å²) < 4.78 is 5.67. The predicted molar refractivity (Wildman–Crippen MR) is 78.3 cm³/mol. The van der Waals surface area contributed by atoms with Crippen LogP contribution in [0.5, 0.6) is 5.75 Å². The second kappa shape index (κ2) is 5.96. The van der Waals surface area contributed by atoms with Crippen LogP contribution in [0.3, 0.4) is 0 Å². The molecule has 19 heavy (non-hydrogen) atoms. The van der Waals surface area contributed by atoms with Gasteiger partial charge in [0.2, 0.25) is 0 Å². The number of para-hydroxylation sites is 1. The largest absolute Gasteiger partial charge is 0.494 e. The van der Waals surface area contributed by atoms with Crippen molar-refractivity contribution in [3.8, 4) is 5.75 Å². The van der Waals surface area contributed by atoms with Crippen LogP contribution in [0.2, 0.25) is 0 Å². The monoisotopic (exact) mass is 259 g/mol. The van der Waals surface area contributed by atoms with Gasteiger partial charge in [-0.3, -0.25) is 0 Å². The number of ether oxygens (including phenoxy) is 1. The summed E-state index contributed by atoms with van der Waals surface area (Å²) in [5.41, 5.74) is 1.29. The molecular weight excluding hydrogens is 234 g/mol. The molecule has 3 rings (SSSR count). The fourth-order valence-corrected chi connectivity index (χ4v) is 3.09. The van der Waals surface area contributed by atoms with Crippen LogP contribution in [0, 0.1) is 17.8 Å². The first kappa shape index (κ1) is 13.0. The van der Waals surface area contributed by atoms with Gasteiger partial charge in [0.1, 0.15) is 5.75 Å². The minimum atomic E-state index is 0.740. The van der Waals surface area contributed by atoms with E-state index >= 15 is 0 Å². The van der Waals surface area contributed by atoms with Crippen molar-refractivity contribution in [2.75, 3.05) is 13.2 Å². The van der Waals surface area contributed by atoms with Crippen LogP contribution in [0.1, 0.15) is 38.2 Å². The standard InChI is InChI=1S/C17H25NO/c1-2-19-17-6-4-3-5-15(17)11-18-12-16(13-7-8-13)14-9-10-14/h3-6,13-14,16,18H,2,7-12H2,1H3. The fraction of sp³-hybridized carbons (Fsp3) is 0.647. The molecule has 1 aromatic rings. The van der Waals surface area contributed by atoms with Crippen molar-refractivity contribution in [2.24, 2.45) is 17.8 Å². The average molecular weight is 259 g/mol. The Labute approximate surface area is 116 Å². The first-order chi connectivity index (χ1) is 9.38. The van der Waals surface area contributed by atoms with Crippen molar-refractivity contribution >= 4 is 0 Å². The van der Waals surface area contributed by atoms with Gasteiger partial charge in [-0.05, 0) is 63.0 Å². The van der Waals surface area contributed by atoms with Crippen molar-refractivity contribution < 1.29 is 4.74 Å². The van der Waals surface area contributed by atoms with E-state index in [1.54, 1.807) is 0 Å². The van der Waals surface area contributed by atoms with E-state index in [1.807, 2.05) is 13.0 Å². The smallest absolute Gasteiger partial charge is 0.123 e. The molecule has 104 valence electrons. The number of nitrogens with one attached hydrogen (secondary N) is 1. The van der Waals surface area contributed by atoms with Crippen LogP contribution in [-0.2, 0) is 6.54 Å². The van der Waals surface area contributed by atoms with E-state index in [0.29, 0.717) is 0 Å². The Kier molecular flexibility index (Phi) is 4.07. The predicted octanol–water partition coefficient (Wildman–Crippen LogP) is 3.61. The van der Waals surface area contributed by atoms with Crippen LogP contribution >= 0.6 is 0 Å². The Morgan fingerprint density at radius 2 is 1.84 bits per heavy atom. The van der Waals surface area contributed by atoms with Crippen LogP contribution in [-0.4, -0.2) is 13.2 Å². The zero-order valence-electron chi connectivity index (χ0n) is 11.9. The van der Waals surface area contributed by atoms with E-state index in [4.69, 9.17) is 4.74 Å². The summed E-state index contributed by atoms with van der Waals surface area (Å²) in [7, 11) is 0. The molecule has 2 saturated carbocycles. The molecule has 2 heteroatoms. The van der Waals surface area contributed by atoms with Crippen LogP contribution in [0.25, 0.3) is 0 Å². The van der Waals surface area contributed by atoms with Gasteiger partial charge >= 0.3 is 0 Å². The third-order valence-electron chi connectivity index (χ3n) is 4.42. The van der Waals surface area contributed by atoms with Crippen molar-refractivity contribution in [3.05, 3.63) is 29.8 Å². The maximum absolute atomic E-state index is 5.67. The van der Waals surface area contributed by atoms with E-state index in [0.717, 1.165) is 36.7 Å². The number of rotatable bonds is 8. The highest BCUT2D eigenvalue weighted by molar-refractivity contribution is 5.33. The summed E-state index contributed by atoms with van der Waals surface area (Å²) in [5, 5.41) is 3.66. The van der Waals surface area contributed by atoms with Gasteiger partial charge < -0.3 is 10.1 Å². The summed E-state index contributed by atoms with van der Waals surface area (Å²) in [4.78, 5) is 0. The molecule has 0 amide bonds. The average Bonchev–Trinajstić information content (AvgIpc) is 3.28. The summed E-state index contributed by atoms with van der Waals surface area (Å²) in [5.74, 6) is 4.04. The summed E-state index contributed by atoms with van der Waals surface area (Å²) >= 11 is 0. The summed E-state index contributed by atoms with van der Waals surface area (Å²) in [6.45, 7) is 4.91. The zero-order chi connectivity index (χ0) is 13.1. The Morgan fingerprint density at radius 1 is 1.16 bits per heavy atom. The van der Waals surface area contributed by atoms with Gasteiger partial charge in [0.15, 0.2) is 0 Å². The molecular formula is C17H25NO. The van der Waals surface area contributed by atoms with Gasteiger partial charge in [-0.2, -0.15) is 0 Å². The highest BCUT2D eigenvalue weighted by atomic mass is 16.5. The van der Waals surface area contributed by atoms with Gasteiger partial charge in [0.05, 0.1) is 6.61 Å². The van der Waals surface area contributed by atoms with E-state index in [1.165, 1.54) is 37.8 Å². The highest BCUT2D eigenvalue weighted by Gasteiger charge is 2.40. The summed E-state index contributed by atoms with van der Waals surface area (Å²) in [6.07, 6.45) is 5.88. The minimum absolute atomic E-state index is 0.740. The maximum atomic E-state index is 5.67. The Bertz CT molecular complexity index is 397. The molecule has 1 aromatic carbocycles.